The molecule has 2 heterocycles. The van der Waals surface area contributed by atoms with Crippen molar-refractivity contribution >= 4 is 29.1 Å². The molecule has 0 bridgehead atoms. The second kappa shape index (κ2) is 6.95. The van der Waals surface area contributed by atoms with Gasteiger partial charge in [0.05, 0.1) is 11.3 Å². The Balaban J connectivity index is 1.70. The van der Waals surface area contributed by atoms with Gasteiger partial charge in [-0.3, -0.25) is 9.59 Å². The van der Waals surface area contributed by atoms with Crippen LogP contribution in [0.5, 0.6) is 0 Å². The smallest absolute Gasteiger partial charge is 0.227 e. The van der Waals surface area contributed by atoms with Crippen molar-refractivity contribution in [1.82, 2.24) is 20.2 Å². The van der Waals surface area contributed by atoms with E-state index in [9.17, 15) is 9.59 Å². The molecule has 1 aliphatic heterocycles. The quantitative estimate of drug-likeness (QED) is 0.603. The molecule has 0 saturated carbocycles. The number of rotatable bonds is 5. The van der Waals surface area contributed by atoms with Crippen LogP contribution in [0.1, 0.15) is 44.0 Å². The molecule has 8 heteroatoms. The third-order valence-electron chi connectivity index (χ3n) is 3.96. The van der Waals surface area contributed by atoms with E-state index in [-0.39, 0.29) is 23.0 Å². The lowest BCUT2D eigenvalue weighted by atomic mass is 10.1. The van der Waals surface area contributed by atoms with Gasteiger partial charge >= 0.3 is 0 Å². The number of thioether (sulfide) groups is 1. The number of Topliss-reactive ketones (excluding diaryl/α,β-unsaturated/α-hetero) is 1. The van der Waals surface area contributed by atoms with Crippen LogP contribution in [-0.2, 0) is 10.3 Å². The molecule has 1 fully saturated rings. The Labute approximate surface area is 150 Å². The van der Waals surface area contributed by atoms with E-state index >= 15 is 0 Å². The molecule has 25 heavy (non-hydrogen) atoms. The van der Waals surface area contributed by atoms with Gasteiger partial charge in [-0.25, -0.2) is 4.68 Å². The molecular formula is C17H21N5O2S. The van der Waals surface area contributed by atoms with Gasteiger partial charge in [0.15, 0.2) is 5.78 Å². The van der Waals surface area contributed by atoms with Gasteiger partial charge in [-0.2, -0.15) is 0 Å². The number of ketones is 1. The number of carbonyl (C=O) groups excluding carboxylic acids is 2. The van der Waals surface area contributed by atoms with Crippen LogP contribution in [0, 0.1) is 0 Å². The Bertz CT molecular complexity index is 796. The maximum atomic E-state index is 12.5. The summed E-state index contributed by atoms with van der Waals surface area (Å²) in [5, 5.41) is 12.3. The van der Waals surface area contributed by atoms with Crippen LogP contribution in [0.25, 0.3) is 0 Å². The number of tetrazole rings is 1. The molecule has 1 aromatic carbocycles. The van der Waals surface area contributed by atoms with Gasteiger partial charge in [-0.15, -0.1) is 5.10 Å². The molecule has 1 amide bonds. The first-order valence-electron chi connectivity index (χ1n) is 8.21. The van der Waals surface area contributed by atoms with Crippen molar-refractivity contribution in [3.05, 3.63) is 29.8 Å². The molecule has 0 N–H and O–H groups in total. The zero-order chi connectivity index (χ0) is 18.0. The molecule has 1 aromatic heterocycles. The molecule has 0 atom stereocenters. The van der Waals surface area contributed by atoms with Gasteiger partial charge in [0.2, 0.25) is 11.1 Å². The van der Waals surface area contributed by atoms with E-state index in [0.29, 0.717) is 23.7 Å². The molecule has 1 saturated heterocycles. The van der Waals surface area contributed by atoms with E-state index in [1.807, 2.05) is 32.9 Å². The molecule has 0 spiro atoms. The second-order valence-electron chi connectivity index (χ2n) is 6.96. The van der Waals surface area contributed by atoms with E-state index in [2.05, 4.69) is 15.5 Å². The standard InChI is InChI=1S/C17H21N5O2S/c1-17(2,3)22-16(18-19-20-22)25-11-14(23)12-6-4-7-13(10-12)21-9-5-8-15(21)24/h4,6-7,10H,5,8-9,11H2,1-3H3. The Morgan fingerprint density at radius 1 is 1.32 bits per heavy atom. The highest BCUT2D eigenvalue weighted by Crippen LogP contribution is 2.25. The predicted molar refractivity (Wildman–Crippen MR) is 95.9 cm³/mol. The number of carbonyl (C=O) groups is 2. The van der Waals surface area contributed by atoms with E-state index in [0.717, 1.165) is 12.1 Å². The summed E-state index contributed by atoms with van der Waals surface area (Å²) in [4.78, 5) is 26.2. The lowest BCUT2D eigenvalue weighted by Crippen LogP contribution is -2.24. The number of hydrogen-bond acceptors (Lipinski definition) is 6. The normalized spacial score (nSPS) is 15.0. The van der Waals surface area contributed by atoms with Crippen LogP contribution in [0.4, 0.5) is 5.69 Å². The monoisotopic (exact) mass is 359 g/mol. The summed E-state index contributed by atoms with van der Waals surface area (Å²) in [6.45, 7) is 6.73. The average molecular weight is 359 g/mol. The summed E-state index contributed by atoms with van der Waals surface area (Å²) in [5.41, 5.74) is 1.14. The van der Waals surface area contributed by atoms with Crippen LogP contribution in [0.15, 0.2) is 29.4 Å². The summed E-state index contributed by atoms with van der Waals surface area (Å²) >= 11 is 1.32. The summed E-state index contributed by atoms with van der Waals surface area (Å²) in [6, 6.07) is 7.25. The fraction of sp³-hybridized carbons (Fsp3) is 0.471. The van der Waals surface area contributed by atoms with Gasteiger partial charge < -0.3 is 4.90 Å². The van der Waals surface area contributed by atoms with E-state index < -0.39 is 0 Å². The van der Waals surface area contributed by atoms with Crippen molar-refractivity contribution in [2.75, 3.05) is 17.2 Å². The predicted octanol–water partition coefficient (Wildman–Crippen LogP) is 2.53. The van der Waals surface area contributed by atoms with E-state index in [1.54, 1.807) is 21.7 Å². The molecule has 0 radical (unpaired) electrons. The van der Waals surface area contributed by atoms with Crippen LogP contribution in [0.2, 0.25) is 0 Å². The topological polar surface area (TPSA) is 81.0 Å². The van der Waals surface area contributed by atoms with Gasteiger partial charge in [0.25, 0.3) is 0 Å². The molecule has 0 unspecified atom stereocenters. The first-order chi connectivity index (χ1) is 11.9. The summed E-state index contributed by atoms with van der Waals surface area (Å²) in [5.74, 6) is 0.346. The van der Waals surface area contributed by atoms with Crippen molar-refractivity contribution < 1.29 is 9.59 Å². The molecule has 7 nitrogen and oxygen atoms in total. The number of hydrogen-bond donors (Lipinski definition) is 0. The SMILES string of the molecule is CC(C)(C)n1nnnc1SCC(=O)c1cccc(N2CCCC2=O)c1. The highest BCUT2D eigenvalue weighted by atomic mass is 32.2. The third-order valence-corrected chi connectivity index (χ3v) is 4.88. The van der Waals surface area contributed by atoms with Crippen LogP contribution < -0.4 is 4.90 Å². The number of benzene rings is 1. The Morgan fingerprint density at radius 2 is 2.12 bits per heavy atom. The van der Waals surface area contributed by atoms with E-state index in [4.69, 9.17) is 0 Å². The Kier molecular flexibility index (Phi) is 4.89. The maximum absolute atomic E-state index is 12.5. The van der Waals surface area contributed by atoms with Crippen molar-refractivity contribution in [3.63, 3.8) is 0 Å². The largest absolute Gasteiger partial charge is 0.312 e. The summed E-state index contributed by atoms with van der Waals surface area (Å²) < 4.78 is 1.71. The fourth-order valence-electron chi connectivity index (χ4n) is 2.67. The number of nitrogens with zero attached hydrogens (tertiary/aromatic N) is 5. The molecular weight excluding hydrogens is 338 g/mol. The van der Waals surface area contributed by atoms with Gasteiger partial charge in [0, 0.05) is 24.2 Å². The molecule has 132 valence electrons. The fourth-order valence-corrected chi connectivity index (χ4v) is 3.63. The van der Waals surface area contributed by atoms with Crippen LogP contribution >= 0.6 is 11.8 Å². The first-order valence-corrected chi connectivity index (χ1v) is 9.20. The Morgan fingerprint density at radius 3 is 2.80 bits per heavy atom. The summed E-state index contributed by atoms with van der Waals surface area (Å²) in [7, 11) is 0. The molecule has 0 aliphatic carbocycles. The zero-order valence-corrected chi connectivity index (χ0v) is 15.4. The van der Waals surface area contributed by atoms with E-state index in [1.165, 1.54) is 11.8 Å². The second-order valence-corrected chi connectivity index (χ2v) is 7.90. The van der Waals surface area contributed by atoms with Gasteiger partial charge in [-0.1, -0.05) is 23.9 Å². The average Bonchev–Trinajstić information content (AvgIpc) is 3.21. The number of aromatic nitrogens is 4. The van der Waals surface area contributed by atoms with Gasteiger partial charge in [-0.05, 0) is 49.8 Å². The minimum atomic E-state index is -0.245. The molecule has 2 aromatic rings. The molecule has 1 aliphatic rings. The lowest BCUT2D eigenvalue weighted by Gasteiger charge is -2.19. The summed E-state index contributed by atoms with van der Waals surface area (Å²) in [6.07, 6.45) is 1.44. The highest BCUT2D eigenvalue weighted by Gasteiger charge is 2.23. The van der Waals surface area contributed by atoms with Crippen LogP contribution in [-0.4, -0.2) is 44.2 Å². The number of amides is 1. The van der Waals surface area contributed by atoms with Crippen molar-refractivity contribution in [1.29, 1.82) is 0 Å². The highest BCUT2D eigenvalue weighted by molar-refractivity contribution is 7.99. The van der Waals surface area contributed by atoms with Crippen molar-refractivity contribution in [2.24, 2.45) is 0 Å². The lowest BCUT2D eigenvalue weighted by molar-refractivity contribution is -0.117. The Hall–Kier alpha value is -2.22. The minimum Gasteiger partial charge on any atom is -0.312 e. The number of anilines is 1. The van der Waals surface area contributed by atoms with Crippen LogP contribution in [0.3, 0.4) is 0 Å². The maximum Gasteiger partial charge on any atom is 0.227 e. The van der Waals surface area contributed by atoms with Crippen molar-refractivity contribution in [3.8, 4) is 0 Å². The minimum absolute atomic E-state index is 0.0121. The molecule has 3 rings (SSSR count). The third kappa shape index (κ3) is 3.89. The zero-order valence-electron chi connectivity index (χ0n) is 14.6. The first kappa shape index (κ1) is 17.6. The van der Waals surface area contributed by atoms with Crippen molar-refractivity contribution in [2.45, 2.75) is 44.3 Å². The van der Waals surface area contributed by atoms with Gasteiger partial charge in [0.1, 0.15) is 0 Å².